The predicted octanol–water partition coefficient (Wildman–Crippen LogP) is 2.03. The maximum atomic E-state index is 5.56. The Morgan fingerprint density at radius 1 is 1.18 bits per heavy atom. The van der Waals surface area contributed by atoms with Crippen LogP contribution < -0.4 is 15.2 Å². The van der Waals surface area contributed by atoms with Crippen LogP contribution in [0.25, 0.3) is 0 Å². The fourth-order valence-corrected chi connectivity index (χ4v) is 1.53. The molecule has 1 rings (SSSR count). The van der Waals surface area contributed by atoms with Gasteiger partial charge in [-0.05, 0) is 42.5 Å². The van der Waals surface area contributed by atoms with Crippen LogP contribution in [0.1, 0.15) is 25.0 Å². The Morgan fingerprint density at radius 3 is 2.12 bits per heavy atom. The third-order valence-electron chi connectivity index (χ3n) is 2.25. The van der Waals surface area contributed by atoms with Crippen LogP contribution in [0.5, 0.6) is 11.5 Å². The highest BCUT2D eigenvalue weighted by molar-refractivity contribution is 6.11. The molecule has 0 bridgehead atoms. The summed E-state index contributed by atoms with van der Waals surface area (Å²) in [5.41, 5.74) is 7.56. The number of benzene rings is 1. The molecule has 0 aromatic heterocycles. The van der Waals surface area contributed by atoms with Crippen LogP contribution in [-0.2, 0) is 6.42 Å². The zero-order chi connectivity index (χ0) is 13.4. The molecule has 2 N–H and O–H groups in total. The summed E-state index contributed by atoms with van der Waals surface area (Å²) in [4.78, 5) is 0. The maximum Gasteiger partial charge on any atom is 0.122 e. The largest absolute Gasteiger partial charge is 0.496 e. The van der Waals surface area contributed by atoms with Gasteiger partial charge in [-0.2, -0.15) is 0 Å². The van der Waals surface area contributed by atoms with Gasteiger partial charge < -0.3 is 15.2 Å². The quantitative estimate of drug-likeness (QED) is 0.812. The van der Waals surface area contributed by atoms with Crippen LogP contribution in [0.3, 0.4) is 0 Å². The van der Waals surface area contributed by atoms with E-state index in [1.807, 2.05) is 32.9 Å². The summed E-state index contributed by atoms with van der Waals surface area (Å²) in [5.74, 6) is 1.24. The Morgan fingerprint density at radius 2 is 1.71 bits per heavy atom. The van der Waals surface area contributed by atoms with Crippen LogP contribution in [-0.4, -0.2) is 28.0 Å². The van der Waals surface area contributed by atoms with Gasteiger partial charge in [0.05, 0.1) is 22.1 Å². The van der Waals surface area contributed by atoms with E-state index in [9.17, 15) is 0 Å². The van der Waals surface area contributed by atoms with Crippen molar-refractivity contribution < 1.29 is 9.47 Å². The normalized spacial score (nSPS) is 11.2. The van der Waals surface area contributed by atoms with E-state index in [1.54, 1.807) is 14.2 Å². The fraction of sp³-hybridized carbons (Fsp3) is 0.538. The molecule has 0 heterocycles. The van der Waals surface area contributed by atoms with Gasteiger partial charge in [0, 0.05) is 0 Å². The highest BCUT2D eigenvalue weighted by Crippen LogP contribution is 2.28. The molecular formula is C13H22BNO2. The maximum absolute atomic E-state index is 5.56. The standard InChI is InChI=1S/C11H16BNO2.C2H6/c1-7-4-10(15-3)8(6-11(12)13)5-9(7)14-2;1-2/h4-5,11H,6,13H2,1-3H3;1-2H3. The molecule has 0 spiro atoms. The van der Waals surface area contributed by atoms with E-state index in [-0.39, 0.29) is 5.94 Å². The van der Waals surface area contributed by atoms with Gasteiger partial charge in [-0.3, -0.25) is 0 Å². The average Bonchev–Trinajstić information content (AvgIpc) is 2.32. The molecule has 1 aromatic carbocycles. The van der Waals surface area contributed by atoms with E-state index < -0.39 is 0 Å². The van der Waals surface area contributed by atoms with Gasteiger partial charge in [-0.1, -0.05) is 13.8 Å². The number of hydrogen-bond donors (Lipinski definition) is 1. The summed E-state index contributed by atoms with van der Waals surface area (Å²) in [6.07, 6.45) is 0.569. The number of methoxy groups -OCH3 is 2. The minimum Gasteiger partial charge on any atom is -0.496 e. The molecule has 0 aliphatic rings. The third-order valence-corrected chi connectivity index (χ3v) is 2.25. The Labute approximate surface area is 106 Å². The van der Waals surface area contributed by atoms with Crippen molar-refractivity contribution in [3.05, 3.63) is 23.3 Å². The topological polar surface area (TPSA) is 44.5 Å². The first-order valence-electron chi connectivity index (χ1n) is 5.81. The van der Waals surface area contributed by atoms with Gasteiger partial charge in [0.1, 0.15) is 11.5 Å². The molecule has 1 aromatic rings. The van der Waals surface area contributed by atoms with Crippen LogP contribution >= 0.6 is 0 Å². The van der Waals surface area contributed by atoms with Crippen LogP contribution in [0, 0.1) is 6.92 Å². The summed E-state index contributed by atoms with van der Waals surface area (Å²) < 4.78 is 10.5. The van der Waals surface area contributed by atoms with Crippen LogP contribution in [0.2, 0.25) is 0 Å². The lowest BCUT2D eigenvalue weighted by Gasteiger charge is -2.14. The van der Waals surface area contributed by atoms with Crippen molar-refractivity contribution in [2.75, 3.05) is 14.2 Å². The molecule has 94 valence electrons. The molecule has 0 aliphatic carbocycles. The van der Waals surface area contributed by atoms with E-state index >= 15 is 0 Å². The van der Waals surface area contributed by atoms with E-state index in [2.05, 4.69) is 0 Å². The van der Waals surface area contributed by atoms with E-state index in [4.69, 9.17) is 23.1 Å². The molecule has 3 nitrogen and oxygen atoms in total. The van der Waals surface area contributed by atoms with Crippen molar-refractivity contribution in [2.24, 2.45) is 5.73 Å². The Balaban J connectivity index is 0.00000121. The minimum absolute atomic E-state index is 0.383. The van der Waals surface area contributed by atoms with Gasteiger partial charge in [-0.15, -0.1) is 0 Å². The second kappa shape index (κ2) is 8.01. The molecule has 2 radical (unpaired) electrons. The minimum atomic E-state index is -0.383. The first-order valence-corrected chi connectivity index (χ1v) is 5.81. The van der Waals surface area contributed by atoms with Crippen LogP contribution in [0.15, 0.2) is 12.1 Å². The average molecular weight is 235 g/mol. The van der Waals surface area contributed by atoms with Crippen molar-refractivity contribution in [2.45, 2.75) is 33.1 Å². The molecule has 0 saturated heterocycles. The van der Waals surface area contributed by atoms with E-state index in [1.165, 1.54) is 0 Å². The zero-order valence-electron chi connectivity index (χ0n) is 11.4. The van der Waals surface area contributed by atoms with Crippen molar-refractivity contribution in [1.29, 1.82) is 0 Å². The smallest absolute Gasteiger partial charge is 0.122 e. The summed E-state index contributed by atoms with van der Waals surface area (Å²) in [6.45, 7) is 5.97. The molecule has 4 heteroatoms. The van der Waals surface area contributed by atoms with Gasteiger partial charge in [0.15, 0.2) is 0 Å². The van der Waals surface area contributed by atoms with Crippen molar-refractivity contribution in [3.8, 4) is 11.5 Å². The zero-order valence-corrected chi connectivity index (χ0v) is 11.4. The highest BCUT2D eigenvalue weighted by atomic mass is 16.5. The van der Waals surface area contributed by atoms with Crippen molar-refractivity contribution >= 4 is 7.85 Å². The van der Waals surface area contributed by atoms with Gasteiger partial charge in [-0.25, -0.2) is 0 Å². The molecule has 0 amide bonds. The van der Waals surface area contributed by atoms with E-state index in [0.29, 0.717) is 6.42 Å². The first kappa shape index (κ1) is 15.8. The molecular weight excluding hydrogens is 213 g/mol. The first-order chi connectivity index (χ1) is 8.08. The molecule has 1 unspecified atom stereocenters. The van der Waals surface area contributed by atoms with Crippen LogP contribution in [0.4, 0.5) is 0 Å². The summed E-state index contributed by atoms with van der Waals surface area (Å²) >= 11 is 0. The number of nitrogens with two attached hydrogens (primary N) is 1. The fourth-order valence-electron chi connectivity index (χ4n) is 1.53. The van der Waals surface area contributed by atoms with Gasteiger partial charge in [0.25, 0.3) is 0 Å². The number of rotatable bonds is 4. The molecule has 1 atom stereocenters. The lowest BCUT2D eigenvalue weighted by Crippen LogP contribution is -2.22. The Hall–Kier alpha value is -1.16. The lowest BCUT2D eigenvalue weighted by atomic mass is 9.90. The summed E-state index contributed by atoms with van der Waals surface area (Å²) in [5, 5.41) is 0. The number of aryl methyl sites for hydroxylation is 1. The Bertz CT molecular complexity index is 340. The molecule has 0 saturated carbocycles. The lowest BCUT2D eigenvalue weighted by molar-refractivity contribution is 0.396. The predicted molar refractivity (Wildman–Crippen MR) is 73.1 cm³/mol. The summed E-state index contributed by atoms with van der Waals surface area (Å²) in [7, 11) is 8.83. The monoisotopic (exact) mass is 235 g/mol. The second-order valence-electron chi connectivity index (χ2n) is 3.50. The number of ether oxygens (including phenoxy) is 2. The SMILES string of the molecule is CC.[B]C(N)Cc1cc(OC)c(C)cc1OC. The molecule has 0 fully saturated rings. The van der Waals surface area contributed by atoms with E-state index in [0.717, 1.165) is 22.6 Å². The van der Waals surface area contributed by atoms with Gasteiger partial charge in [0.2, 0.25) is 0 Å². The molecule has 0 aliphatic heterocycles. The van der Waals surface area contributed by atoms with Gasteiger partial charge >= 0.3 is 0 Å². The molecule has 17 heavy (non-hydrogen) atoms. The van der Waals surface area contributed by atoms with Crippen molar-refractivity contribution in [3.63, 3.8) is 0 Å². The summed E-state index contributed by atoms with van der Waals surface area (Å²) in [6, 6.07) is 3.84. The number of hydrogen-bond acceptors (Lipinski definition) is 3. The third kappa shape index (κ3) is 4.69. The van der Waals surface area contributed by atoms with Crippen molar-refractivity contribution in [1.82, 2.24) is 0 Å². The second-order valence-corrected chi connectivity index (χ2v) is 3.50. The Kier molecular flexibility index (Phi) is 7.47. The highest BCUT2D eigenvalue weighted by Gasteiger charge is 2.09.